The Morgan fingerprint density at radius 3 is 2.83 bits per heavy atom. The number of hydrogen-bond acceptors (Lipinski definition) is 6. The molecule has 7 heteroatoms. The number of furan rings is 1. The molecule has 0 bridgehead atoms. The summed E-state index contributed by atoms with van der Waals surface area (Å²) in [5.74, 6) is 0.166. The van der Waals surface area contributed by atoms with E-state index in [1.807, 2.05) is 6.07 Å². The van der Waals surface area contributed by atoms with E-state index in [4.69, 9.17) is 4.42 Å². The number of fused-ring (bicyclic) bond motifs is 1. The Hall–Kier alpha value is -3.06. The van der Waals surface area contributed by atoms with Crippen LogP contribution in [0.15, 0.2) is 52.0 Å². The number of imide groups is 1. The third kappa shape index (κ3) is 2.55. The maximum atomic E-state index is 11.6. The predicted molar refractivity (Wildman–Crippen MR) is 90.2 cm³/mol. The Bertz CT molecular complexity index is 1020. The van der Waals surface area contributed by atoms with Gasteiger partial charge < -0.3 is 9.52 Å². The molecule has 2 aromatic heterocycles. The van der Waals surface area contributed by atoms with Gasteiger partial charge in [0.25, 0.3) is 11.1 Å². The Balaban J connectivity index is 1.82. The van der Waals surface area contributed by atoms with E-state index in [9.17, 15) is 14.7 Å². The van der Waals surface area contributed by atoms with Crippen LogP contribution < -0.4 is 5.32 Å². The molecule has 2 amide bonds. The van der Waals surface area contributed by atoms with Gasteiger partial charge in [0.05, 0.1) is 4.91 Å². The van der Waals surface area contributed by atoms with Crippen molar-refractivity contribution in [3.8, 4) is 16.9 Å². The molecule has 6 nitrogen and oxygen atoms in total. The van der Waals surface area contributed by atoms with E-state index in [1.54, 1.807) is 36.7 Å². The van der Waals surface area contributed by atoms with Crippen LogP contribution >= 0.6 is 11.8 Å². The monoisotopic (exact) mass is 338 g/mol. The molecule has 1 saturated heterocycles. The van der Waals surface area contributed by atoms with Crippen molar-refractivity contribution >= 4 is 40.0 Å². The summed E-state index contributed by atoms with van der Waals surface area (Å²) in [5, 5.41) is 12.2. The van der Waals surface area contributed by atoms with Crippen molar-refractivity contribution in [2.45, 2.75) is 0 Å². The second kappa shape index (κ2) is 5.54. The number of nitrogens with one attached hydrogen (secondary N) is 1. The fourth-order valence-corrected chi connectivity index (χ4v) is 3.14. The molecule has 1 aliphatic heterocycles. The third-order valence-electron chi connectivity index (χ3n) is 3.51. The summed E-state index contributed by atoms with van der Waals surface area (Å²) in [4.78, 5) is 27.3. The molecule has 3 heterocycles. The number of carbonyl (C=O) groups is 2. The predicted octanol–water partition coefficient (Wildman–Crippen LogP) is 3.52. The molecule has 4 rings (SSSR count). The summed E-state index contributed by atoms with van der Waals surface area (Å²) in [5.41, 5.74) is 2.09. The van der Waals surface area contributed by atoms with Gasteiger partial charge in [0, 0.05) is 29.4 Å². The SMILES string of the molecule is O=C1NC(=O)/C(=C\c2cc3cncc(-c4cccc(O)c4)c3o2)S1. The molecular formula is C17H10N2O4S. The normalized spacial score (nSPS) is 16.1. The molecule has 1 fully saturated rings. The summed E-state index contributed by atoms with van der Waals surface area (Å²) in [6, 6.07) is 8.53. The van der Waals surface area contributed by atoms with E-state index in [0.717, 1.165) is 28.3 Å². The molecule has 0 aliphatic carbocycles. The van der Waals surface area contributed by atoms with Crippen molar-refractivity contribution in [1.82, 2.24) is 10.3 Å². The number of carbonyl (C=O) groups excluding carboxylic acids is 2. The first-order chi connectivity index (χ1) is 11.6. The Morgan fingerprint density at radius 2 is 2.08 bits per heavy atom. The van der Waals surface area contributed by atoms with Gasteiger partial charge >= 0.3 is 0 Å². The van der Waals surface area contributed by atoms with E-state index < -0.39 is 11.1 Å². The van der Waals surface area contributed by atoms with Crippen molar-refractivity contribution in [2.75, 3.05) is 0 Å². The van der Waals surface area contributed by atoms with Gasteiger partial charge in [0.2, 0.25) is 0 Å². The number of rotatable bonds is 2. The highest BCUT2D eigenvalue weighted by atomic mass is 32.2. The average molecular weight is 338 g/mol. The van der Waals surface area contributed by atoms with Crippen LogP contribution in [-0.4, -0.2) is 21.2 Å². The number of nitrogens with zero attached hydrogens (tertiary/aromatic N) is 1. The topological polar surface area (TPSA) is 92.4 Å². The molecule has 0 atom stereocenters. The van der Waals surface area contributed by atoms with E-state index in [1.165, 1.54) is 6.08 Å². The van der Waals surface area contributed by atoms with Gasteiger partial charge in [-0.15, -0.1) is 0 Å². The smallest absolute Gasteiger partial charge is 0.290 e. The van der Waals surface area contributed by atoms with E-state index >= 15 is 0 Å². The van der Waals surface area contributed by atoms with Gasteiger partial charge in [0.1, 0.15) is 17.1 Å². The Labute approximate surface area is 140 Å². The van der Waals surface area contributed by atoms with Gasteiger partial charge in [-0.3, -0.25) is 19.9 Å². The first-order valence-corrected chi connectivity index (χ1v) is 7.83. The van der Waals surface area contributed by atoms with Crippen LogP contribution in [0.4, 0.5) is 4.79 Å². The standard InChI is InChI=1S/C17H10N2O4S/c20-11-3-1-2-9(4-11)13-8-18-7-10-5-12(23-15(10)13)6-14-16(21)19-17(22)24-14/h1-8,20H,(H,19,21,22)/b14-6+. The highest BCUT2D eigenvalue weighted by Crippen LogP contribution is 2.33. The van der Waals surface area contributed by atoms with Crippen LogP contribution in [0.1, 0.15) is 5.76 Å². The minimum atomic E-state index is -0.434. The van der Waals surface area contributed by atoms with Crippen LogP contribution in [0.25, 0.3) is 28.2 Å². The maximum Gasteiger partial charge on any atom is 0.290 e. The lowest BCUT2D eigenvalue weighted by Crippen LogP contribution is -2.17. The van der Waals surface area contributed by atoms with Crippen LogP contribution in [0, 0.1) is 0 Å². The summed E-state index contributed by atoms with van der Waals surface area (Å²) in [6.45, 7) is 0. The Kier molecular flexibility index (Phi) is 3.35. The molecule has 24 heavy (non-hydrogen) atoms. The van der Waals surface area contributed by atoms with Gasteiger partial charge in [0.15, 0.2) is 0 Å². The highest BCUT2D eigenvalue weighted by molar-refractivity contribution is 8.18. The number of phenols is 1. The quantitative estimate of drug-likeness (QED) is 0.695. The van der Waals surface area contributed by atoms with Crippen molar-refractivity contribution in [3.05, 3.63) is 53.4 Å². The summed E-state index contributed by atoms with van der Waals surface area (Å²) in [7, 11) is 0. The number of pyridine rings is 1. The number of aromatic nitrogens is 1. The molecule has 0 saturated carbocycles. The lowest BCUT2D eigenvalue weighted by Gasteiger charge is -2.02. The number of thioether (sulfide) groups is 1. The minimum Gasteiger partial charge on any atom is -0.508 e. The number of amides is 2. The van der Waals surface area contributed by atoms with Crippen LogP contribution in [0.2, 0.25) is 0 Å². The van der Waals surface area contributed by atoms with Gasteiger partial charge in [-0.2, -0.15) is 0 Å². The fraction of sp³-hybridized carbons (Fsp3) is 0. The second-order valence-electron chi connectivity index (χ2n) is 5.16. The zero-order chi connectivity index (χ0) is 16.7. The van der Waals surface area contributed by atoms with Crippen molar-refractivity contribution < 1.29 is 19.1 Å². The number of hydrogen-bond donors (Lipinski definition) is 2. The van der Waals surface area contributed by atoms with Crippen molar-refractivity contribution in [3.63, 3.8) is 0 Å². The molecule has 0 unspecified atom stereocenters. The number of aromatic hydroxyl groups is 1. The minimum absolute atomic E-state index is 0.149. The van der Waals surface area contributed by atoms with E-state index in [-0.39, 0.29) is 10.7 Å². The van der Waals surface area contributed by atoms with Crippen LogP contribution in [-0.2, 0) is 4.79 Å². The van der Waals surface area contributed by atoms with E-state index in [0.29, 0.717) is 11.3 Å². The fourth-order valence-electron chi connectivity index (χ4n) is 2.48. The lowest BCUT2D eigenvalue weighted by molar-refractivity contribution is -0.115. The Morgan fingerprint density at radius 1 is 1.21 bits per heavy atom. The third-order valence-corrected chi connectivity index (χ3v) is 4.32. The number of benzene rings is 1. The molecular weight excluding hydrogens is 328 g/mol. The molecule has 1 aliphatic rings. The zero-order valence-electron chi connectivity index (χ0n) is 12.1. The van der Waals surface area contributed by atoms with Crippen molar-refractivity contribution in [1.29, 1.82) is 0 Å². The second-order valence-corrected chi connectivity index (χ2v) is 6.17. The first-order valence-electron chi connectivity index (χ1n) is 7.02. The molecule has 1 aromatic carbocycles. The zero-order valence-corrected chi connectivity index (χ0v) is 13.0. The average Bonchev–Trinajstić information content (AvgIpc) is 3.09. The highest BCUT2D eigenvalue weighted by Gasteiger charge is 2.25. The number of phenolic OH excluding ortho intramolecular Hbond substituents is 1. The largest absolute Gasteiger partial charge is 0.508 e. The lowest BCUT2D eigenvalue weighted by atomic mass is 10.1. The summed E-state index contributed by atoms with van der Waals surface area (Å²) in [6.07, 6.45) is 4.83. The van der Waals surface area contributed by atoms with Gasteiger partial charge in [-0.05, 0) is 35.5 Å². The van der Waals surface area contributed by atoms with Gasteiger partial charge in [-0.25, -0.2) is 0 Å². The van der Waals surface area contributed by atoms with Crippen LogP contribution in [0.5, 0.6) is 5.75 Å². The first kappa shape index (κ1) is 14.5. The molecule has 0 spiro atoms. The van der Waals surface area contributed by atoms with Crippen molar-refractivity contribution in [2.24, 2.45) is 0 Å². The van der Waals surface area contributed by atoms with E-state index in [2.05, 4.69) is 10.3 Å². The van der Waals surface area contributed by atoms with Crippen LogP contribution in [0.3, 0.4) is 0 Å². The molecule has 3 aromatic rings. The summed E-state index contributed by atoms with van der Waals surface area (Å²) >= 11 is 0.834. The van der Waals surface area contributed by atoms with Gasteiger partial charge in [-0.1, -0.05) is 12.1 Å². The summed E-state index contributed by atoms with van der Waals surface area (Å²) < 4.78 is 5.84. The molecule has 118 valence electrons. The molecule has 0 radical (unpaired) electrons. The molecule has 2 N–H and O–H groups in total. The maximum absolute atomic E-state index is 11.6.